The molecule has 4 heterocycles. The van der Waals surface area contributed by atoms with Gasteiger partial charge in [-0.1, -0.05) is 29.8 Å². The molecule has 1 aromatic carbocycles. The molecule has 2 aromatic heterocycles. The lowest BCUT2D eigenvalue weighted by Gasteiger charge is -2.32. The molecule has 2 atom stereocenters. The molecule has 0 bridgehead atoms. The van der Waals surface area contributed by atoms with Crippen LogP contribution in [0.25, 0.3) is 22.0 Å². The summed E-state index contributed by atoms with van der Waals surface area (Å²) in [5.74, 6) is 1.92. The largest absolute Gasteiger partial charge is 0.495 e. The fraction of sp³-hybridized carbons (Fsp3) is 0.433. The van der Waals surface area contributed by atoms with Crippen LogP contribution in [0.3, 0.4) is 0 Å². The number of piperazine rings is 1. The molecule has 3 N–H and O–H groups in total. The lowest BCUT2D eigenvalue weighted by Crippen LogP contribution is -2.45. The highest BCUT2D eigenvalue weighted by molar-refractivity contribution is 6.41. The Balaban J connectivity index is 1.49. The number of aromatic nitrogens is 2. The Labute approximate surface area is 261 Å². The van der Waals surface area contributed by atoms with Crippen LogP contribution >= 0.6 is 23.2 Å². The van der Waals surface area contributed by atoms with Gasteiger partial charge in [0.1, 0.15) is 23.1 Å². The number of fused-ring (bicyclic) bond motifs is 1. The number of pyridine rings is 2. The van der Waals surface area contributed by atoms with Gasteiger partial charge in [-0.25, -0.2) is 9.97 Å². The highest BCUT2D eigenvalue weighted by Crippen LogP contribution is 2.46. The summed E-state index contributed by atoms with van der Waals surface area (Å²) in [6.45, 7) is 10.1. The molecule has 0 spiro atoms. The Bertz CT molecular complexity index is 1450. The Morgan fingerprint density at radius 1 is 1.09 bits per heavy atom. The number of nitrogens with zero attached hydrogens (tertiary/aromatic N) is 4. The van der Waals surface area contributed by atoms with Crippen molar-refractivity contribution in [3.05, 3.63) is 47.1 Å². The number of ether oxygens (including phenoxy) is 3. The third-order valence-corrected chi connectivity index (χ3v) is 8.54. The molecule has 3 aromatic rings. The van der Waals surface area contributed by atoms with E-state index in [-0.39, 0.29) is 18.0 Å². The second kappa shape index (κ2) is 14.0. The van der Waals surface area contributed by atoms with E-state index in [2.05, 4.69) is 44.4 Å². The number of nitrogens with one attached hydrogen (secondary N) is 3. The molecule has 0 radical (unpaired) electrons. The van der Waals surface area contributed by atoms with Crippen molar-refractivity contribution in [2.45, 2.75) is 12.1 Å². The van der Waals surface area contributed by atoms with Crippen molar-refractivity contribution in [2.24, 2.45) is 0 Å². The molecule has 11 nitrogen and oxygen atoms in total. The van der Waals surface area contributed by atoms with Crippen LogP contribution in [-0.2, 0) is 9.53 Å². The normalized spacial score (nSPS) is 19.3. The average Bonchev–Trinajstić information content (AvgIpc) is 3.44. The summed E-state index contributed by atoms with van der Waals surface area (Å²) in [5, 5.41) is 12.3. The number of hydrogen-bond donors (Lipinski definition) is 3. The van der Waals surface area contributed by atoms with Crippen molar-refractivity contribution in [1.82, 2.24) is 25.1 Å². The maximum atomic E-state index is 11.9. The van der Waals surface area contributed by atoms with Crippen LogP contribution in [0.4, 0.5) is 11.6 Å². The van der Waals surface area contributed by atoms with Gasteiger partial charge in [0.05, 0.1) is 55.3 Å². The minimum atomic E-state index is -0.246. The van der Waals surface area contributed by atoms with Crippen molar-refractivity contribution in [3.8, 4) is 22.8 Å². The number of anilines is 2. The van der Waals surface area contributed by atoms with Crippen LogP contribution < -0.4 is 25.4 Å². The SMILES string of the molecule is C=CC(=O)N[C@H]1COC[C@H]1Nc1cc2c(NCCN3CCN(C)CC3)nc(-c3c(Cl)c(OC)cc(OC)c3Cl)cc2cn1. The van der Waals surface area contributed by atoms with E-state index in [1.807, 2.05) is 12.1 Å². The zero-order valence-electron chi connectivity index (χ0n) is 24.6. The molecule has 0 saturated carbocycles. The van der Waals surface area contributed by atoms with Crippen LogP contribution in [-0.4, -0.2) is 112 Å². The molecule has 1 amide bonds. The van der Waals surface area contributed by atoms with Gasteiger partial charge in [0.15, 0.2) is 0 Å². The van der Waals surface area contributed by atoms with Gasteiger partial charge in [0.25, 0.3) is 0 Å². The van der Waals surface area contributed by atoms with Gasteiger partial charge >= 0.3 is 0 Å². The summed E-state index contributed by atoms with van der Waals surface area (Å²) >= 11 is 13.5. The summed E-state index contributed by atoms with van der Waals surface area (Å²) in [6.07, 6.45) is 3.03. The first-order valence-electron chi connectivity index (χ1n) is 14.1. The van der Waals surface area contributed by atoms with Gasteiger partial charge in [-0.2, -0.15) is 0 Å². The highest BCUT2D eigenvalue weighted by atomic mass is 35.5. The van der Waals surface area contributed by atoms with Gasteiger partial charge < -0.3 is 35.1 Å². The van der Waals surface area contributed by atoms with Gasteiger partial charge in [0.2, 0.25) is 5.91 Å². The van der Waals surface area contributed by atoms with Crippen LogP contribution in [0.5, 0.6) is 11.5 Å². The predicted molar refractivity (Wildman–Crippen MR) is 171 cm³/mol. The number of rotatable bonds is 11. The van der Waals surface area contributed by atoms with E-state index in [0.717, 1.165) is 43.5 Å². The van der Waals surface area contributed by atoms with Gasteiger partial charge in [-0.3, -0.25) is 9.69 Å². The van der Waals surface area contributed by atoms with E-state index in [0.29, 0.717) is 64.2 Å². The van der Waals surface area contributed by atoms with Crippen molar-refractivity contribution < 1.29 is 19.0 Å². The predicted octanol–water partition coefficient (Wildman–Crippen LogP) is 3.76. The van der Waals surface area contributed by atoms with E-state index in [9.17, 15) is 4.79 Å². The molecule has 230 valence electrons. The average molecular weight is 631 g/mol. The smallest absolute Gasteiger partial charge is 0.243 e. The number of amides is 1. The van der Waals surface area contributed by atoms with Crippen molar-refractivity contribution in [2.75, 3.05) is 84.4 Å². The zero-order chi connectivity index (χ0) is 30.5. The van der Waals surface area contributed by atoms with E-state index in [1.165, 1.54) is 6.08 Å². The van der Waals surface area contributed by atoms with Crippen LogP contribution in [0.1, 0.15) is 0 Å². The number of hydrogen-bond acceptors (Lipinski definition) is 10. The number of likely N-dealkylation sites (N-methyl/N-ethyl adjacent to an activating group) is 1. The quantitative estimate of drug-likeness (QED) is 0.271. The maximum Gasteiger partial charge on any atom is 0.243 e. The molecule has 43 heavy (non-hydrogen) atoms. The van der Waals surface area contributed by atoms with Crippen molar-refractivity contribution in [3.63, 3.8) is 0 Å². The third-order valence-electron chi connectivity index (χ3n) is 7.79. The summed E-state index contributed by atoms with van der Waals surface area (Å²) in [7, 11) is 5.23. The van der Waals surface area contributed by atoms with E-state index in [4.69, 9.17) is 42.4 Å². The second-order valence-electron chi connectivity index (χ2n) is 10.6. The first-order valence-corrected chi connectivity index (χ1v) is 14.9. The molecule has 13 heteroatoms. The monoisotopic (exact) mass is 629 g/mol. The van der Waals surface area contributed by atoms with Crippen LogP contribution in [0.2, 0.25) is 10.0 Å². The summed E-state index contributed by atoms with van der Waals surface area (Å²) in [5.41, 5.74) is 1.07. The van der Waals surface area contributed by atoms with Crippen LogP contribution in [0, 0.1) is 0 Å². The minimum Gasteiger partial charge on any atom is -0.495 e. The van der Waals surface area contributed by atoms with Crippen LogP contribution in [0.15, 0.2) is 37.1 Å². The van der Waals surface area contributed by atoms with Crippen molar-refractivity contribution >= 4 is 51.5 Å². The topological polar surface area (TPSA) is 113 Å². The third kappa shape index (κ3) is 7.08. The highest BCUT2D eigenvalue weighted by Gasteiger charge is 2.29. The Hall–Kier alpha value is -3.35. The standard InChI is InChI=1S/C30H37Cl2N7O4/c1-5-26(40)36-22-17-43-16-21(22)35-25-13-19-18(15-34-25)12-20(27-28(31)23(41-3)14-24(42-4)29(27)32)37-30(19)33-6-7-39-10-8-38(2)9-11-39/h5,12-15,21-22H,1,6-11,16-17H2,2-4H3,(H,33,37)(H,34,35)(H,36,40)/t21-,22+/m1/s1. The number of carbonyl (C=O) groups excluding carboxylic acids is 1. The molecular formula is C30H37Cl2N7O4. The molecule has 0 aliphatic carbocycles. The molecule has 2 aliphatic heterocycles. The fourth-order valence-electron chi connectivity index (χ4n) is 5.27. The number of carbonyl (C=O) groups is 1. The minimum absolute atomic E-state index is 0.156. The Kier molecular flexibility index (Phi) is 10.1. The van der Waals surface area contributed by atoms with E-state index >= 15 is 0 Å². The number of halogens is 2. The number of methoxy groups -OCH3 is 2. The van der Waals surface area contributed by atoms with Crippen molar-refractivity contribution in [1.29, 1.82) is 0 Å². The Morgan fingerprint density at radius 2 is 1.79 bits per heavy atom. The molecular weight excluding hydrogens is 593 g/mol. The summed E-state index contributed by atoms with van der Waals surface area (Å²) < 4.78 is 16.6. The maximum absolute atomic E-state index is 11.9. The molecule has 2 saturated heterocycles. The van der Waals surface area contributed by atoms with Gasteiger partial charge in [0, 0.05) is 67.9 Å². The lowest BCUT2D eigenvalue weighted by molar-refractivity contribution is -0.117. The molecule has 0 unspecified atom stereocenters. The molecule has 2 aliphatic rings. The Morgan fingerprint density at radius 3 is 2.47 bits per heavy atom. The lowest BCUT2D eigenvalue weighted by atomic mass is 10.1. The van der Waals surface area contributed by atoms with Gasteiger partial charge in [-0.15, -0.1) is 0 Å². The number of benzene rings is 1. The molecule has 5 rings (SSSR count). The summed E-state index contributed by atoms with van der Waals surface area (Å²) in [4.78, 5) is 26.4. The summed E-state index contributed by atoms with van der Waals surface area (Å²) in [6, 6.07) is 5.13. The first kappa shape index (κ1) is 31.1. The fourth-order valence-corrected chi connectivity index (χ4v) is 5.97. The van der Waals surface area contributed by atoms with E-state index in [1.54, 1.807) is 26.5 Å². The zero-order valence-corrected chi connectivity index (χ0v) is 26.1. The van der Waals surface area contributed by atoms with E-state index < -0.39 is 0 Å². The first-order chi connectivity index (χ1) is 20.8. The second-order valence-corrected chi connectivity index (χ2v) is 11.4. The van der Waals surface area contributed by atoms with Gasteiger partial charge in [-0.05, 0) is 25.3 Å². The molecule has 2 fully saturated rings.